The van der Waals surface area contributed by atoms with Gasteiger partial charge in [0.15, 0.2) is 0 Å². The van der Waals surface area contributed by atoms with Crippen molar-refractivity contribution in [2.75, 3.05) is 0 Å². The molecule has 2 aliphatic rings. The van der Waals surface area contributed by atoms with Crippen LogP contribution < -0.4 is 0 Å². The molecule has 2 aromatic rings. The molecule has 30 heavy (non-hydrogen) atoms. The highest BCUT2D eigenvalue weighted by atomic mass is 14.1. The van der Waals surface area contributed by atoms with Crippen LogP contribution in [-0.4, -0.2) is 0 Å². The summed E-state index contributed by atoms with van der Waals surface area (Å²) >= 11 is 0. The van der Waals surface area contributed by atoms with Crippen LogP contribution in [0.3, 0.4) is 0 Å². The first kappa shape index (κ1) is 19.7. The number of allylic oxidation sites excluding steroid dienone is 13. The molecule has 0 saturated carbocycles. The van der Waals surface area contributed by atoms with Gasteiger partial charge < -0.3 is 0 Å². The average Bonchev–Trinajstić information content (AvgIpc) is 3.20. The average molecular weight is 387 g/mol. The van der Waals surface area contributed by atoms with Gasteiger partial charge in [-0.3, -0.25) is 0 Å². The Bertz CT molecular complexity index is 1110. The highest BCUT2D eigenvalue weighted by molar-refractivity contribution is 5.68. The first-order valence-electron chi connectivity index (χ1n) is 10.4. The Morgan fingerprint density at radius 3 is 1.80 bits per heavy atom. The fourth-order valence-corrected chi connectivity index (χ4v) is 3.51. The lowest BCUT2D eigenvalue weighted by Gasteiger charge is -2.03. The van der Waals surface area contributed by atoms with Crippen LogP contribution >= 0.6 is 0 Å². The van der Waals surface area contributed by atoms with Crippen LogP contribution in [0.1, 0.15) is 24.0 Å². The molecule has 0 nitrogen and oxygen atoms in total. The molecule has 2 aromatic carbocycles. The van der Waals surface area contributed by atoms with E-state index >= 15 is 0 Å². The van der Waals surface area contributed by atoms with Crippen molar-refractivity contribution >= 4 is 12.2 Å². The van der Waals surface area contributed by atoms with Crippen LogP contribution in [-0.2, 0) is 0 Å². The van der Waals surface area contributed by atoms with E-state index in [0.29, 0.717) is 0 Å². The molecular weight excluding hydrogens is 360 g/mol. The zero-order valence-electron chi connectivity index (χ0n) is 17.2. The van der Waals surface area contributed by atoms with E-state index in [1.165, 1.54) is 39.0 Å². The van der Waals surface area contributed by atoms with E-state index in [-0.39, 0.29) is 0 Å². The predicted octanol–water partition coefficient (Wildman–Crippen LogP) is 8.27. The molecule has 0 aliphatic heterocycles. The maximum atomic E-state index is 4.07. The third-order valence-electron chi connectivity index (χ3n) is 5.30. The number of rotatable bonds is 5. The van der Waals surface area contributed by atoms with Gasteiger partial charge in [-0.05, 0) is 51.8 Å². The normalized spacial score (nSPS) is 18.6. The zero-order valence-corrected chi connectivity index (χ0v) is 17.2. The minimum Gasteiger partial charge on any atom is -0.0949 e. The van der Waals surface area contributed by atoms with Crippen molar-refractivity contribution in [1.82, 2.24) is 0 Å². The largest absolute Gasteiger partial charge is 0.0949 e. The van der Waals surface area contributed by atoms with Gasteiger partial charge in [0.05, 0.1) is 0 Å². The SMILES string of the molecule is C=C1CC=C/C1=C/C=C\c1ccc(-c2ccc(/C=C\C=C3\C=CC=CC3)cc2)cc1. The van der Waals surface area contributed by atoms with Crippen LogP contribution in [0.2, 0.25) is 0 Å². The molecule has 0 radical (unpaired) electrons. The molecule has 0 saturated heterocycles. The predicted molar refractivity (Wildman–Crippen MR) is 132 cm³/mol. The van der Waals surface area contributed by atoms with E-state index in [1.807, 2.05) is 0 Å². The van der Waals surface area contributed by atoms with E-state index in [4.69, 9.17) is 0 Å². The molecule has 0 heteroatoms. The maximum Gasteiger partial charge on any atom is -0.00941 e. The van der Waals surface area contributed by atoms with Crippen molar-refractivity contribution in [3.63, 3.8) is 0 Å². The Morgan fingerprint density at radius 1 is 0.633 bits per heavy atom. The van der Waals surface area contributed by atoms with Gasteiger partial charge >= 0.3 is 0 Å². The van der Waals surface area contributed by atoms with E-state index < -0.39 is 0 Å². The standard InChI is InChI=1S/C30H26/c1-24-8-5-14-28(24)15-7-13-27-18-22-30(23-19-27)29-20-16-26(17-21-29)12-6-11-25-9-3-2-4-10-25/h2-7,9,11-23H,1,8,10H2/b12-6-,13-7-,25-11-,28-15-. The summed E-state index contributed by atoms with van der Waals surface area (Å²) in [5, 5.41) is 0. The summed E-state index contributed by atoms with van der Waals surface area (Å²) in [6, 6.07) is 17.4. The minimum absolute atomic E-state index is 0.968. The van der Waals surface area contributed by atoms with Gasteiger partial charge in [0.1, 0.15) is 0 Å². The topological polar surface area (TPSA) is 0 Å². The van der Waals surface area contributed by atoms with E-state index in [0.717, 1.165) is 12.8 Å². The van der Waals surface area contributed by atoms with E-state index in [2.05, 4.69) is 128 Å². The summed E-state index contributed by atoms with van der Waals surface area (Å²) in [5.74, 6) is 0. The van der Waals surface area contributed by atoms with E-state index in [1.54, 1.807) is 0 Å². The first-order valence-corrected chi connectivity index (χ1v) is 10.4. The quantitative estimate of drug-likeness (QED) is 0.485. The molecule has 0 spiro atoms. The summed E-state index contributed by atoms with van der Waals surface area (Å²) < 4.78 is 0. The third-order valence-corrected chi connectivity index (χ3v) is 5.30. The molecular formula is C30H26. The maximum absolute atomic E-state index is 4.07. The molecule has 0 fully saturated rings. The Hall–Kier alpha value is -3.64. The van der Waals surface area contributed by atoms with Crippen molar-refractivity contribution in [2.45, 2.75) is 12.8 Å². The smallest absolute Gasteiger partial charge is 0.00941 e. The van der Waals surface area contributed by atoms with Gasteiger partial charge in [0.25, 0.3) is 0 Å². The molecule has 0 heterocycles. The Labute approximate surface area is 180 Å². The molecule has 0 bridgehead atoms. The highest BCUT2D eigenvalue weighted by Gasteiger charge is 2.02. The van der Waals surface area contributed by atoms with Crippen molar-refractivity contribution in [2.24, 2.45) is 0 Å². The number of benzene rings is 2. The third kappa shape index (κ3) is 5.24. The molecule has 4 rings (SSSR count). The Kier molecular flexibility index (Phi) is 6.37. The fraction of sp³-hybridized carbons (Fsp3) is 0.0667. The monoisotopic (exact) mass is 386 g/mol. The lowest BCUT2D eigenvalue weighted by molar-refractivity contribution is 1.26. The lowest BCUT2D eigenvalue weighted by Crippen LogP contribution is -1.80. The van der Waals surface area contributed by atoms with Crippen molar-refractivity contribution in [3.05, 3.63) is 144 Å². The molecule has 2 aliphatic carbocycles. The lowest BCUT2D eigenvalue weighted by atomic mass is 10.0. The Balaban J connectivity index is 1.38. The van der Waals surface area contributed by atoms with Crippen molar-refractivity contribution < 1.29 is 0 Å². The summed E-state index contributed by atoms with van der Waals surface area (Å²) in [6.45, 7) is 4.07. The summed E-state index contributed by atoms with van der Waals surface area (Å²) in [7, 11) is 0. The summed E-state index contributed by atoms with van der Waals surface area (Å²) in [5.41, 5.74) is 8.61. The van der Waals surface area contributed by atoms with Gasteiger partial charge in [-0.25, -0.2) is 0 Å². The summed E-state index contributed by atoms with van der Waals surface area (Å²) in [6.07, 6.45) is 27.6. The van der Waals surface area contributed by atoms with Crippen molar-refractivity contribution in [3.8, 4) is 11.1 Å². The van der Waals surface area contributed by atoms with Crippen LogP contribution in [0.15, 0.2) is 133 Å². The molecule has 0 aromatic heterocycles. The van der Waals surface area contributed by atoms with Gasteiger partial charge in [-0.1, -0.05) is 128 Å². The van der Waals surface area contributed by atoms with Crippen LogP contribution in [0, 0.1) is 0 Å². The van der Waals surface area contributed by atoms with Gasteiger partial charge in [-0.15, -0.1) is 0 Å². The first-order chi connectivity index (χ1) is 14.8. The zero-order chi connectivity index (χ0) is 20.6. The number of hydrogen-bond acceptors (Lipinski definition) is 0. The second kappa shape index (κ2) is 9.71. The molecule has 0 unspecified atom stereocenters. The fourth-order valence-electron chi connectivity index (χ4n) is 3.51. The molecule has 0 N–H and O–H groups in total. The second-order valence-corrected chi connectivity index (χ2v) is 7.53. The van der Waals surface area contributed by atoms with Crippen LogP contribution in [0.5, 0.6) is 0 Å². The minimum atomic E-state index is 0.968. The Morgan fingerprint density at radius 2 is 1.27 bits per heavy atom. The molecule has 146 valence electrons. The molecule has 0 amide bonds. The molecule has 0 atom stereocenters. The summed E-state index contributed by atoms with van der Waals surface area (Å²) in [4.78, 5) is 0. The highest BCUT2D eigenvalue weighted by Crippen LogP contribution is 2.23. The van der Waals surface area contributed by atoms with Gasteiger partial charge in [-0.2, -0.15) is 0 Å². The van der Waals surface area contributed by atoms with Crippen LogP contribution in [0.4, 0.5) is 0 Å². The second-order valence-electron chi connectivity index (χ2n) is 7.53. The van der Waals surface area contributed by atoms with Gasteiger partial charge in [0.2, 0.25) is 0 Å². The number of hydrogen-bond donors (Lipinski definition) is 0. The van der Waals surface area contributed by atoms with Crippen molar-refractivity contribution in [1.29, 1.82) is 0 Å². The van der Waals surface area contributed by atoms with Gasteiger partial charge in [0, 0.05) is 0 Å². The van der Waals surface area contributed by atoms with Crippen LogP contribution in [0.25, 0.3) is 23.3 Å². The van der Waals surface area contributed by atoms with E-state index in [9.17, 15) is 0 Å².